The molecule has 2 aromatic rings. The Balaban J connectivity index is 1.65. The number of rotatable bonds is 6. The van der Waals surface area contributed by atoms with E-state index in [0.717, 1.165) is 48.8 Å². The van der Waals surface area contributed by atoms with Crippen LogP contribution in [0.5, 0.6) is 0 Å². The number of methoxy groups -OCH3 is 1. The number of amides is 2. The molecule has 0 aliphatic carbocycles. The van der Waals surface area contributed by atoms with Gasteiger partial charge in [0.25, 0.3) is 0 Å². The number of aliphatic imine (C=N–C) groups is 1. The second-order valence-corrected chi connectivity index (χ2v) is 7.08. The monoisotopic (exact) mass is 397 g/mol. The highest BCUT2D eigenvalue weighted by atomic mass is 16.5. The van der Waals surface area contributed by atoms with Gasteiger partial charge in [-0.1, -0.05) is 18.2 Å². The number of hydrogen-bond acceptors (Lipinski definition) is 5. The molecule has 1 fully saturated rings. The standard InChI is InChI=1S/C20H27N7O2/c1-29-13-15-5-3-7-27(12-15)19-23-10-17(11-24-19)16-6-2-4-14(8-16)9-25-20(28)26-18(21)22/h2,4,6,8,10-11,15H,3,5,7,9,12-13H2,1H3,(H5,21,22,25,26,28). The van der Waals surface area contributed by atoms with Crippen molar-refractivity contribution in [1.29, 1.82) is 0 Å². The predicted octanol–water partition coefficient (Wildman–Crippen LogP) is 1.49. The number of urea groups is 1. The number of nitrogens with zero attached hydrogens (tertiary/aromatic N) is 4. The molecule has 0 bridgehead atoms. The Morgan fingerprint density at radius 1 is 1.31 bits per heavy atom. The van der Waals surface area contributed by atoms with Gasteiger partial charge in [-0.3, -0.25) is 0 Å². The maximum absolute atomic E-state index is 11.5. The number of ether oxygens (including phenoxy) is 1. The van der Waals surface area contributed by atoms with Gasteiger partial charge in [0, 0.05) is 44.7 Å². The summed E-state index contributed by atoms with van der Waals surface area (Å²) >= 11 is 0. The predicted molar refractivity (Wildman–Crippen MR) is 112 cm³/mol. The van der Waals surface area contributed by atoms with Crippen LogP contribution in [0.2, 0.25) is 0 Å². The number of guanidine groups is 1. The smallest absolute Gasteiger partial charge is 0.344 e. The average Bonchev–Trinajstić information content (AvgIpc) is 2.73. The lowest BCUT2D eigenvalue weighted by Gasteiger charge is -2.32. The van der Waals surface area contributed by atoms with E-state index in [0.29, 0.717) is 12.5 Å². The first-order chi connectivity index (χ1) is 14.0. The molecule has 1 saturated heterocycles. The minimum atomic E-state index is -0.573. The van der Waals surface area contributed by atoms with Crippen LogP contribution in [0.4, 0.5) is 10.7 Å². The van der Waals surface area contributed by atoms with Gasteiger partial charge in [-0.2, -0.15) is 4.99 Å². The Morgan fingerprint density at radius 3 is 2.83 bits per heavy atom. The third-order valence-electron chi connectivity index (χ3n) is 4.78. The Morgan fingerprint density at radius 2 is 2.10 bits per heavy atom. The van der Waals surface area contributed by atoms with Crippen molar-refractivity contribution in [1.82, 2.24) is 15.3 Å². The van der Waals surface area contributed by atoms with E-state index >= 15 is 0 Å². The molecule has 0 spiro atoms. The molecule has 2 amide bonds. The van der Waals surface area contributed by atoms with Crippen molar-refractivity contribution < 1.29 is 9.53 Å². The highest BCUT2D eigenvalue weighted by Crippen LogP contribution is 2.23. The number of nitrogens with two attached hydrogens (primary N) is 2. The molecular weight excluding hydrogens is 370 g/mol. The van der Waals surface area contributed by atoms with E-state index in [-0.39, 0.29) is 5.96 Å². The molecule has 0 radical (unpaired) electrons. The molecule has 9 nitrogen and oxygen atoms in total. The van der Waals surface area contributed by atoms with Crippen molar-refractivity contribution in [3.63, 3.8) is 0 Å². The fraction of sp³-hybridized carbons (Fsp3) is 0.400. The van der Waals surface area contributed by atoms with Gasteiger partial charge in [0.1, 0.15) is 0 Å². The number of piperidine rings is 1. The second-order valence-electron chi connectivity index (χ2n) is 7.08. The van der Waals surface area contributed by atoms with Crippen molar-refractivity contribution in [3.8, 4) is 11.1 Å². The third kappa shape index (κ3) is 5.89. The van der Waals surface area contributed by atoms with Crippen LogP contribution >= 0.6 is 0 Å². The summed E-state index contributed by atoms with van der Waals surface area (Å²) in [7, 11) is 1.74. The second kappa shape index (κ2) is 9.83. The molecular formula is C20H27N7O2. The number of hydrogen-bond donors (Lipinski definition) is 3. The van der Waals surface area contributed by atoms with Crippen molar-refractivity contribution >= 4 is 17.9 Å². The van der Waals surface area contributed by atoms with Gasteiger partial charge < -0.3 is 26.4 Å². The molecule has 9 heteroatoms. The van der Waals surface area contributed by atoms with E-state index in [1.54, 1.807) is 7.11 Å². The van der Waals surface area contributed by atoms with E-state index in [1.807, 2.05) is 36.7 Å². The van der Waals surface area contributed by atoms with Gasteiger partial charge in [-0.25, -0.2) is 14.8 Å². The molecule has 0 saturated carbocycles. The molecule has 1 aromatic heterocycles. The third-order valence-corrected chi connectivity index (χ3v) is 4.78. The van der Waals surface area contributed by atoms with Gasteiger partial charge in [-0.15, -0.1) is 0 Å². The van der Waals surface area contributed by atoms with E-state index in [1.165, 1.54) is 6.42 Å². The summed E-state index contributed by atoms with van der Waals surface area (Å²) in [5, 5.41) is 2.64. The topological polar surface area (TPSA) is 132 Å². The van der Waals surface area contributed by atoms with E-state index in [2.05, 4.69) is 25.2 Å². The van der Waals surface area contributed by atoms with Gasteiger partial charge in [-0.05, 0) is 36.0 Å². The Kier molecular flexibility index (Phi) is 6.96. The van der Waals surface area contributed by atoms with Crippen LogP contribution in [0.1, 0.15) is 18.4 Å². The van der Waals surface area contributed by atoms with Gasteiger partial charge >= 0.3 is 6.03 Å². The summed E-state index contributed by atoms with van der Waals surface area (Å²) in [4.78, 5) is 26.3. The SMILES string of the molecule is COCC1CCCN(c2ncc(-c3cccc(CNC(=O)N=C(N)N)c3)cn2)C1. The number of benzene rings is 1. The maximum Gasteiger partial charge on any atom is 0.344 e. The molecule has 1 aliphatic rings. The highest BCUT2D eigenvalue weighted by Gasteiger charge is 2.21. The van der Waals surface area contributed by atoms with Crippen LogP contribution in [0, 0.1) is 5.92 Å². The summed E-state index contributed by atoms with van der Waals surface area (Å²) in [5.74, 6) is 0.994. The zero-order valence-electron chi connectivity index (χ0n) is 16.5. The van der Waals surface area contributed by atoms with Crippen LogP contribution in [0.25, 0.3) is 11.1 Å². The number of nitrogens with one attached hydrogen (secondary N) is 1. The average molecular weight is 397 g/mol. The van der Waals surface area contributed by atoms with Crippen molar-refractivity contribution in [2.75, 3.05) is 31.7 Å². The Bertz CT molecular complexity index is 848. The number of anilines is 1. The molecule has 29 heavy (non-hydrogen) atoms. The van der Waals surface area contributed by atoms with Crippen LogP contribution in [0.15, 0.2) is 41.7 Å². The molecule has 1 aromatic carbocycles. The minimum Gasteiger partial charge on any atom is -0.384 e. The van der Waals surface area contributed by atoms with Gasteiger partial charge in [0.05, 0.1) is 6.61 Å². The zero-order valence-corrected chi connectivity index (χ0v) is 16.5. The van der Waals surface area contributed by atoms with Crippen LogP contribution < -0.4 is 21.7 Å². The number of carbonyl (C=O) groups is 1. The maximum atomic E-state index is 11.5. The molecule has 5 N–H and O–H groups in total. The van der Waals surface area contributed by atoms with Crippen LogP contribution in [-0.4, -0.2) is 48.8 Å². The molecule has 1 unspecified atom stereocenters. The zero-order chi connectivity index (χ0) is 20.6. The lowest BCUT2D eigenvalue weighted by atomic mass is 9.99. The van der Waals surface area contributed by atoms with Gasteiger partial charge in [0.2, 0.25) is 5.95 Å². The first-order valence-electron chi connectivity index (χ1n) is 9.58. The van der Waals surface area contributed by atoms with Crippen LogP contribution in [-0.2, 0) is 11.3 Å². The molecule has 1 aliphatic heterocycles. The van der Waals surface area contributed by atoms with E-state index in [4.69, 9.17) is 16.2 Å². The summed E-state index contributed by atoms with van der Waals surface area (Å²) in [5.41, 5.74) is 13.2. The highest BCUT2D eigenvalue weighted by molar-refractivity contribution is 5.90. The summed E-state index contributed by atoms with van der Waals surface area (Å²) in [6.45, 7) is 2.96. The molecule has 154 valence electrons. The van der Waals surface area contributed by atoms with E-state index in [9.17, 15) is 4.79 Å². The Hall–Kier alpha value is -3.20. The molecule has 1 atom stereocenters. The number of carbonyl (C=O) groups excluding carboxylic acids is 1. The summed E-state index contributed by atoms with van der Waals surface area (Å²) in [6, 6.07) is 7.22. The summed E-state index contributed by atoms with van der Waals surface area (Å²) in [6.07, 6.45) is 5.96. The van der Waals surface area contributed by atoms with Crippen LogP contribution in [0.3, 0.4) is 0 Å². The number of aromatic nitrogens is 2. The first-order valence-corrected chi connectivity index (χ1v) is 9.58. The summed E-state index contributed by atoms with van der Waals surface area (Å²) < 4.78 is 5.29. The minimum absolute atomic E-state index is 0.268. The van der Waals surface area contributed by atoms with Gasteiger partial charge in [0.15, 0.2) is 5.96 Å². The largest absolute Gasteiger partial charge is 0.384 e. The van der Waals surface area contributed by atoms with Crippen molar-refractivity contribution in [2.45, 2.75) is 19.4 Å². The quantitative estimate of drug-likeness (QED) is 0.497. The lowest BCUT2D eigenvalue weighted by Crippen LogP contribution is -2.38. The van der Waals surface area contributed by atoms with Crippen molar-refractivity contribution in [2.24, 2.45) is 22.4 Å². The normalized spacial score (nSPS) is 16.3. The van der Waals surface area contributed by atoms with E-state index < -0.39 is 6.03 Å². The fourth-order valence-corrected chi connectivity index (χ4v) is 3.45. The molecule has 3 rings (SSSR count). The van der Waals surface area contributed by atoms with Crippen molar-refractivity contribution in [3.05, 3.63) is 42.2 Å². The fourth-order valence-electron chi connectivity index (χ4n) is 3.45. The molecule has 2 heterocycles. The lowest BCUT2D eigenvalue weighted by molar-refractivity contribution is 0.143. The first kappa shape index (κ1) is 20.5. The Labute approximate surface area is 170 Å².